The summed E-state index contributed by atoms with van der Waals surface area (Å²) in [4.78, 5) is 0. The summed E-state index contributed by atoms with van der Waals surface area (Å²) >= 11 is 12.6. The SMILES string of the molecule is COc1cc(CNCCc2ccccc2F)cc(Cl)c1OCc1ccccc1Cl. The number of benzene rings is 3. The van der Waals surface area contributed by atoms with Gasteiger partial charge in [0.05, 0.1) is 12.1 Å². The van der Waals surface area contributed by atoms with Crippen LogP contribution in [0.3, 0.4) is 0 Å². The van der Waals surface area contributed by atoms with E-state index in [0.717, 1.165) is 11.1 Å². The van der Waals surface area contributed by atoms with Crippen LogP contribution in [0.2, 0.25) is 10.0 Å². The molecule has 3 aromatic rings. The number of nitrogens with one attached hydrogen (secondary N) is 1. The zero-order chi connectivity index (χ0) is 20.6. The van der Waals surface area contributed by atoms with Crippen molar-refractivity contribution in [3.8, 4) is 11.5 Å². The number of methoxy groups -OCH3 is 1. The highest BCUT2D eigenvalue weighted by Crippen LogP contribution is 2.37. The first-order valence-corrected chi connectivity index (χ1v) is 10.0. The molecular formula is C23H22Cl2FNO2. The maximum absolute atomic E-state index is 13.7. The molecule has 0 bridgehead atoms. The van der Waals surface area contributed by atoms with E-state index in [-0.39, 0.29) is 12.4 Å². The Labute approximate surface area is 180 Å². The lowest BCUT2D eigenvalue weighted by Crippen LogP contribution is -2.17. The van der Waals surface area contributed by atoms with Gasteiger partial charge < -0.3 is 14.8 Å². The van der Waals surface area contributed by atoms with Crippen molar-refractivity contribution in [1.82, 2.24) is 5.32 Å². The Balaban J connectivity index is 1.60. The zero-order valence-corrected chi connectivity index (χ0v) is 17.6. The Morgan fingerprint density at radius 3 is 2.38 bits per heavy atom. The Morgan fingerprint density at radius 1 is 0.931 bits per heavy atom. The van der Waals surface area contributed by atoms with Gasteiger partial charge in [-0.25, -0.2) is 4.39 Å². The van der Waals surface area contributed by atoms with Crippen molar-refractivity contribution in [3.63, 3.8) is 0 Å². The summed E-state index contributed by atoms with van der Waals surface area (Å²) in [5.74, 6) is 0.846. The van der Waals surface area contributed by atoms with Gasteiger partial charge in [0.1, 0.15) is 12.4 Å². The fourth-order valence-corrected chi connectivity index (χ4v) is 3.42. The molecule has 1 N–H and O–H groups in total. The molecule has 152 valence electrons. The summed E-state index contributed by atoms with van der Waals surface area (Å²) in [6.07, 6.45) is 0.608. The fourth-order valence-electron chi connectivity index (χ4n) is 2.94. The molecule has 29 heavy (non-hydrogen) atoms. The van der Waals surface area contributed by atoms with E-state index < -0.39 is 0 Å². The lowest BCUT2D eigenvalue weighted by Gasteiger charge is -2.15. The van der Waals surface area contributed by atoms with E-state index in [1.165, 1.54) is 6.07 Å². The minimum atomic E-state index is -0.181. The molecule has 0 heterocycles. The van der Waals surface area contributed by atoms with E-state index in [0.29, 0.717) is 46.6 Å². The van der Waals surface area contributed by atoms with Crippen LogP contribution in [0.1, 0.15) is 16.7 Å². The predicted octanol–water partition coefficient (Wildman–Crippen LogP) is 6.05. The van der Waals surface area contributed by atoms with E-state index in [1.807, 2.05) is 42.5 Å². The topological polar surface area (TPSA) is 30.5 Å². The van der Waals surface area contributed by atoms with Crippen LogP contribution in [0.15, 0.2) is 60.7 Å². The molecular weight excluding hydrogens is 412 g/mol. The third kappa shape index (κ3) is 5.86. The quantitative estimate of drug-likeness (QED) is 0.416. The van der Waals surface area contributed by atoms with Crippen LogP contribution in [0.5, 0.6) is 11.5 Å². The smallest absolute Gasteiger partial charge is 0.180 e. The third-order valence-electron chi connectivity index (χ3n) is 4.48. The highest BCUT2D eigenvalue weighted by atomic mass is 35.5. The minimum absolute atomic E-state index is 0.181. The summed E-state index contributed by atoms with van der Waals surface area (Å²) in [6, 6.07) is 18.0. The molecule has 6 heteroatoms. The molecule has 3 nitrogen and oxygen atoms in total. The normalized spacial score (nSPS) is 10.8. The average Bonchev–Trinajstić information content (AvgIpc) is 2.72. The maximum atomic E-state index is 13.7. The monoisotopic (exact) mass is 433 g/mol. The highest BCUT2D eigenvalue weighted by Gasteiger charge is 2.13. The molecule has 0 aliphatic carbocycles. The summed E-state index contributed by atoms with van der Waals surface area (Å²) in [7, 11) is 1.57. The largest absolute Gasteiger partial charge is 0.493 e. The van der Waals surface area contributed by atoms with Crippen molar-refractivity contribution >= 4 is 23.2 Å². The van der Waals surface area contributed by atoms with Gasteiger partial charge in [0.2, 0.25) is 0 Å². The second-order valence-corrected chi connectivity index (χ2v) is 7.32. The first-order chi connectivity index (χ1) is 14.1. The summed E-state index contributed by atoms with van der Waals surface area (Å²) in [6.45, 7) is 1.51. The summed E-state index contributed by atoms with van der Waals surface area (Å²) in [5, 5.41) is 4.40. The molecule has 0 spiro atoms. The molecule has 0 radical (unpaired) electrons. The van der Waals surface area contributed by atoms with Crippen molar-refractivity contribution in [3.05, 3.63) is 93.2 Å². The van der Waals surface area contributed by atoms with Crippen LogP contribution in [-0.2, 0) is 19.6 Å². The van der Waals surface area contributed by atoms with E-state index in [4.69, 9.17) is 32.7 Å². The molecule has 3 aromatic carbocycles. The average molecular weight is 434 g/mol. The highest BCUT2D eigenvalue weighted by molar-refractivity contribution is 6.32. The second-order valence-electron chi connectivity index (χ2n) is 6.51. The lowest BCUT2D eigenvalue weighted by molar-refractivity contribution is 0.284. The number of hydrogen-bond donors (Lipinski definition) is 1. The van der Waals surface area contributed by atoms with E-state index in [1.54, 1.807) is 19.2 Å². The van der Waals surface area contributed by atoms with E-state index >= 15 is 0 Å². The van der Waals surface area contributed by atoms with Gasteiger partial charge in [0.25, 0.3) is 0 Å². The van der Waals surface area contributed by atoms with E-state index in [9.17, 15) is 4.39 Å². The third-order valence-corrected chi connectivity index (χ3v) is 5.13. The Kier molecular flexibility index (Phi) is 7.76. The standard InChI is InChI=1S/C23H22Cl2FNO2/c1-28-22-13-16(14-27-11-10-17-6-3-5-9-21(17)26)12-20(25)23(22)29-15-18-7-2-4-8-19(18)24/h2-9,12-13,27H,10-11,14-15H2,1H3. The Hall–Kier alpha value is -2.27. The van der Waals surface area contributed by atoms with Gasteiger partial charge in [-0.15, -0.1) is 0 Å². The zero-order valence-electron chi connectivity index (χ0n) is 16.1. The molecule has 0 amide bonds. The molecule has 0 aromatic heterocycles. The van der Waals surface area contributed by atoms with Crippen molar-refractivity contribution < 1.29 is 13.9 Å². The van der Waals surface area contributed by atoms with Crippen LogP contribution in [0, 0.1) is 5.82 Å². The summed E-state index contributed by atoms with van der Waals surface area (Å²) in [5.41, 5.74) is 2.51. The minimum Gasteiger partial charge on any atom is -0.493 e. The van der Waals surface area contributed by atoms with Crippen LogP contribution in [0.4, 0.5) is 4.39 Å². The van der Waals surface area contributed by atoms with Crippen molar-refractivity contribution in [2.75, 3.05) is 13.7 Å². The predicted molar refractivity (Wildman–Crippen MR) is 116 cm³/mol. The maximum Gasteiger partial charge on any atom is 0.180 e. The number of rotatable bonds is 9. The number of hydrogen-bond acceptors (Lipinski definition) is 3. The van der Waals surface area contributed by atoms with Crippen LogP contribution in [0.25, 0.3) is 0 Å². The lowest BCUT2D eigenvalue weighted by atomic mass is 10.1. The molecule has 0 aliphatic rings. The van der Waals surface area contributed by atoms with Gasteiger partial charge in [0.15, 0.2) is 11.5 Å². The molecule has 0 unspecified atom stereocenters. The van der Waals surface area contributed by atoms with Crippen LogP contribution < -0.4 is 14.8 Å². The molecule has 3 rings (SSSR count). The Morgan fingerprint density at radius 2 is 1.66 bits per heavy atom. The Bertz CT molecular complexity index is 965. The van der Waals surface area contributed by atoms with Crippen LogP contribution in [-0.4, -0.2) is 13.7 Å². The molecule has 0 saturated carbocycles. The van der Waals surface area contributed by atoms with Crippen molar-refractivity contribution in [1.29, 1.82) is 0 Å². The van der Waals surface area contributed by atoms with Crippen molar-refractivity contribution in [2.45, 2.75) is 19.6 Å². The molecule has 0 aliphatic heterocycles. The van der Waals surface area contributed by atoms with Gasteiger partial charge in [-0.05, 0) is 48.4 Å². The molecule has 0 saturated heterocycles. The van der Waals surface area contributed by atoms with E-state index in [2.05, 4.69) is 5.32 Å². The molecule has 0 fully saturated rings. The number of halogens is 3. The number of ether oxygens (including phenoxy) is 2. The van der Waals surface area contributed by atoms with Crippen molar-refractivity contribution in [2.24, 2.45) is 0 Å². The first kappa shape index (κ1) is 21.4. The fraction of sp³-hybridized carbons (Fsp3) is 0.217. The van der Waals surface area contributed by atoms with Gasteiger partial charge in [-0.1, -0.05) is 59.6 Å². The van der Waals surface area contributed by atoms with Gasteiger partial charge in [0, 0.05) is 17.1 Å². The van der Waals surface area contributed by atoms with Gasteiger partial charge in [-0.2, -0.15) is 0 Å². The molecule has 0 atom stereocenters. The van der Waals surface area contributed by atoms with Gasteiger partial charge in [-0.3, -0.25) is 0 Å². The van der Waals surface area contributed by atoms with Gasteiger partial charge >= 0.3 is 0 Å². The second kappa shape index (κ2) is 10.5. The first-order valence-electron chi connectivity index (χ1n) is 9.25. The van der Waals surface area contributed by atoms with Crippen LogP contribution >= 0.6 is 23.2 Å². The summed E-state index contributed by atoms with van der Waals surface area (Å²) < 4.78 is 25.0.